The molecule has 0 bridgehead atoms. The number of aryl methyl sites for hydroxylation is 1. The van der Waals surface area contributed by atoms with Crippen molar-refractivity contribution in [2.45, 2.75) is 6.92 Å². The number of anilines is 1. The van der Waals surface area contributed by atoms with E-state index in [2.05, 4.69) is 20.2 Å². The molecule has 0 aromatic carbocycles. The SMILES string of the molecule is Cc1[nH]c(=O)c(C#N)cc1-c1csc(NCCN(C)C)n1. The number of nitrogens with zero attached hydrogens (tertiary/aromatic N) is 3. The largest absolute Gasteiger partial charge is 0.360 e. The average molecular weight is 303 g/mol. The van der Waals surface area contributed by atoms with Crippen LogP contribution >= 0.6 is 11.3 Å². The highest BCUT2D eigenvalue weighted by Crippen LogP contribution is 2.26. The third kappa shape index (κ3) is 3.68. The van der Waals surface area contributed by atoms with Crippen molar-refractivity contribution < 1.29 is 0 Å². The average Bonchev–Trinajstić information content (AvgIpc) is 2.87. The molecular formula is C14H17N5OS. The third-order valence-corrected chi connectivity index (χ3v) is 3.77. The Hall–Kier alpha value is -2.17. The van der Waals surface area contributed by atoms with Crippen molar-refractivity contribution in [2.24, 2.45) is 0 Å². The first-order chi connectivity index (χ1) is 10.0. The van der Waals surface area contributed by atoms with Crippen LogP contribution in [0.2, 0.25) is 0 Å². The minimum atomic E-state index is -0.363. The van der Waals surface area contributed by atoms with Crippen molar-refractivity contribution in [3.63, 3.8) is 0 Å². The minimum Gasteiger partial charge on any atom is -0.360 e. The first kappa shape index (κ1) is 15.2. The van der Waals surface area contributed by atoms with Crippen LogP contribution in [0.5, 0.6) is 0 Å². The summed E-state index contributed by atoms with van der Waals surface area (Å²) >= 11 is 1.51. The molecule has 0 saturated carbocycles. The maximum atomic E-state index is 11.6. The second-order valence-corrected chi connectivity index (χ2v) is 5.79. The second kappa shape index (κ2) is 6.52. The van der Waals surface area contributed by atoms with E-state index in [4.69, 9.17) is 5.26 Å². The van der Waals surface area contributed by atoms with Gasteiger partial charge >= 0.3 is 0 Å². The fraction of sp³-hybridized carbons (Fsp3) is 0.357. The highest BCUT2D eigenvalue weighted by Gasteiger charge is 2.11. The molecule has 0 radical (unpaired) electrons. The van der Waals surface area contributed by atoms with Gasteiger partial charge in [-0.1, -0.05) is 0 Å². The van der Waals surface area contributed by atoms with E-state index in [-0.39, 0.29) is 11.1 Å². The van der Waals surface area contributed by atoms with Crippen LogP contribution in [0.15, 0.2) is 16.2 Å². The standard InChI is InChI=1S/C14H17N5OS/c1-9-11(6-10(7-15)13(20)17-9)12-8-21-14(18-12)16-4-5-19(2)3/h6,8H,4-5H2,1-3H3,(H,16,18)(H,17,20). The van der Waals surface area contributed by atoms with Crippen LogP contribution in [0.4, 0.5) is 5.13 Å². The van der Waals surface area contributed by atoms with Crippen LogP contribution in [0.3, 0.4) is 0 Å². The molecule has 2 heterocycles. The zero-order chi connectivity index (χ0) is 15.4. The van der Waals surface area contributed by atoms with Crippen LogP contribution in [0, 0.1) is 18.3 Å². The highest BCUT2D eigenvalue weighted by molar-refractivity contribution is 7.14. The molecule has 0 saturated heterocycles. The summed E-state index contributed by atoms with van der Waals surface area (Å²) in [5.74, 6) is 0. The number of thiazole rings is 1. The van der Waals surface area contributed by atoms with Crippen LogP contribution in [-0.2, 0) is 0 Å². The van der Waals surface area contributed by atoms with Gasteiger partial charge in [-0.2, -0.15) is 5.26 Å². The molecule has 0 spiro atoms. The van der Waals surface area contributed by atoms with E-state index in [0.29, 0.717) is 5.69 Å². The number of rotatable bonds is 5. The van der Waals surface area contributed by atoms with Gasteiger partial charge in [-0.15, -0.1) is 11.3 Å². The summed E-state index contributed by atoms with van der Waals surface area (Å²) in [6.07, 6.45) is 0. The Kier molecular flexibility index (Phi) is 4.73. The van der Waals surface area contributed by atoms with E-state index in [1.807, 2.05) is 25.5 Å². The number of likely N-dealkylation sites (N-methyl/N-ethyl adjacent to an activating group) is 1. The van der Waals surface area contributed by atoms with Crippen molar-refractivity contribution in [3.8, 4) is 17.3 Å². The molecule has 2 N–H and O–H groups in total. The van der Waals surface area contributed by atoms with Crippen molar-refractivity contribution in [2.75, 3.05) is 32.5 Å². The molecule has 0 amide bonds. The first-order valence-electron chi connectivity index (χ1n) is 6.50. The lowest BCUT2D eigenvalue weighted by Crippen LogP contribution is -2.20. The number of aromatic nitrogens is 2. The summed E-state index contributed by atoms with van der Waals surface area (Å²) < 4.78 is 0. The van der Waals surface area contributed by atoms with Gasteiger partial charge in [0.1, 0.15) is 11.6 Å². The number of hydrogen-bond donors (Lipinski definition) is 2. The van der Waals surface area contributed by atoms with Crippen LogP contribution in [0.1, 0.15) is 11.3 Å². The second-order valence-electron chi connectivity index (χ2n) is 4.93. The molecule has 6 nitrogen and oxygen atoms in total. The summed E-state index contributed by atoms with van der Waals surface area (Å²) in [5.41, 5.74) is 1.99. The Morgan fingerprint density at radius 1 is 1.52 bits per heavy atom. The number of pyridine rings is 1. The zero-order valence-corrected chi connectivity index (χ0v) is 13.0. The molecule has 7 heteroatoms. The van der Waals surface area contributed by atoms with Gasteiger partial charge < -0.3 is 15.2 Å². The zero-order valence-electron chi connectivity index (χ0n) is 12.2. The lowest BCUT2D eigenvalue weighted by atomic mass is 10.1. The van der Waals surface area contributed by atoms with Gasteiger partial charge in [0.05, 0.1) is 5.69 Å². The van der Waals surface area contributed by atoms with Gasteiger partial charge in [0, 0.05) is 29.7 Å². The van der Waals surface area contributed by atoms with Crippen molar-refractivity contribution in [3.05, 3.63) is 33.1 Å². The summed E-state index contributed by atoms with van der Waals surface area (Å²) in [6.45, 7) is 3.54. The van der Waals surface area contributed by atoms with Gasteiger partial charge in [0.25, 0.3) is 5.56 Å². The molecule has 0 fully saturated rings. The Bertz CT molecular complexity index is 726. The highest BCUT2D eigenvalue weighted by atomic mass is 32.1. The summed E-state index contributed by atoms with van der Waals surface area (Å²) in [6, 6.07) is 3.49. The monoisotopic (exact) mass is 303 g/mol. The van der Waals surface area contributed by atoms with Gasteiger partial charge in [-0.3, -0.25) is 4.79 Å². The van der Waals surface area contributed by atoms with Crippen LogP contribution in [0.25, 0.3) is 11.3 Å². The van der Waals surface area contributed by atoms with E-state index in [1.54, 1.807) is 13.0 Å². The van der Waals surface area contributed by atoms with E-state index < -0.39 is 0 Å². The topological polar surface area (TPSA) is 84.8 Å². The predicted octanol–water partition coefficient (Wildman–Crippen LogP) is 1.65. The van der Waals surface area contributed by atoms with Crippen molar-refractivity contribution >= 4 is 16.5 Å². The van der Waals surface area contributed by atoms with Gasteiger partial charge in [-0.25, -0.2) is 4.98 Å². The Balaban J connectivity index is 2.22. The van der Waals surface area contributed by atoms with E-state index in [9.17, 15) is 4.79 Å². The molecule has 0 unspecified atom stereocenters. The third-order valence-electron chi connectivity index (χ3n) is 2.97. The quantitative estimate of drug-likeness (QED) is 0.877. The molecule has 2 aromatic rings. The molecular weight excluding hydrogens is 286 g/mol. The molecule has 0 aliphatic heterocycles. The molecule has 2 aromatic heterocycles. The maximum absolute atomic E-state index is 11.6. The Morgan fingerprint density at radius 3 is 2.95 bits per heavy atom. The lowest BCUT2D eigenvalue weighted by Gasteiger charge is -2.09. The summed E-state index contributed by atoms with van der Waals surface area (Å²) in [4.78, 5) is 20.8. The number of aromatic amines is 1. The summed E-state index contributed by atoms with van der Waals surface area (Å²) in [5, 5.41) is 14.9. The number of hydrogen-bond acceptors (Lipinski definition) is 6. The Labute approximate surface area is 127 Å². The predicted molar refractivity (Wildman–Crippen MR) is 84.7 cm³/mol. The van der Waals surface area contributed by atoms with E-state index in [1.165, 1.54) is 11.3 Å². The van der Waals surface area contributed by atoms with Crippen LogP contribution < -0.4 is 10.9 Å². The number of H-pyrrole nitrogens is 1. The van der Waals surface area contributed by atoms with Crippen molar-refractivity contribution in [1.29, 1.82) is 5.26 Å². The molecule has 0 aliphatic rings. The first-order valence-corrected chi connectivity index (χ1v) is 7.37. The van der Waals surface area contributed by atoms with E-state index >= 15 is 0 Å². The molecule has 21 heavy (non-hydrogen) atoms. The molecule has 0 aliphatic carbocycles. The lowest BCUT2D eigenvalue weighted by molar-refractivity contribution is 0.425. The molecule has 110 valence electrons. The molecule has 0 atom stereocenters. The fourth-order valence-electron chi connectivity index (χ4n) is 1.84. The van der Waals surface area contributed by atoms with E-state index in [0.717, 1.165) is 29.5 Å². The molecule has 2 rings (SSSR count). The van der Waals surface area contributed by atoms with Crippen LogP contribution in [-0.4, -0.2) is 42.1 Å². The maximum Gasteiger partial charge on any atom is 0.266 e. The number of nitrogens with one attached hydrogen (secondary N) is 2. The van der Waals surface area contributed by atoms with Gasteiger partial charge in [0.15, 0.2) is 5.13 Å². The smallest absolute Gasteiger partial charge is 0.266 e. The summed E-state index contributed by atoms with van der Waals surface area (Å²) in [7, 11) is 4.03. The number of nitriles is 1. The minimum absolute atomic E-state index is 0.103. The van der Waals surface area contributed by atoms with Gasteiger partial charge in [0.2, 0.25) is 0 Å². The van der Waals surface area contributed by atoms with Gasteiger partial charge in [-0.05, 0) is 27.1 Å². The fourth-order valence-corrected chi connectivity index (χ4v) is 2.58. The Morgan fingerprint density at radius 2 is 2.29 bits per heavy atom. The van der Waals surface area contributed by atoms with Crippen molar-refractivity contribution in [1.82, 2.24) is 14.9 Å². The normalized spacial score (nSPS) is 10.6.